The Morgan fingerprint density at radius 3 is 2.45 bits per heavy atom. The minimum Gasteiger partial charge on any atom is -0.494 e. The summed E-state index contributed by atoms with van der Waals surface area (Å²) in [4.78, 5) is 11.8. The maximum Gasteiger partial charge on any atom is 0.412 e. The summed E-state index contributed by atoms with van der Waals surface area (Å²) in [6, 6.07) is 11.6. The van der Waals surface area contributed by atoms with Crippen molar-refractivity contribution in [2.24, 2.45) is 0 Å². The molecule has 2 rings (SSSR count). The number of carbonyl (C=O) groups is 1. The molecular weight excluding hydrogens is 254 g/mol. The van der Waals surface area contributed by atoms with Crippen LogP contribution in [0.2, 0.25) is 0 Å². The highest BCUT2D eigenvalue weighted by atomic mass is 16.6. The smallest absolute Gasteiger partial charge is 0.412 e. The number of nitrogens with one attached hydrogen (secondary N) is 1. The molecule has 2 aromatic rings. The highest BCUT2D eigenvalue weighted by Crippen LogP contribution is 2.33. The lowest BCUT2D eigenvalue weighted by molar-refractivity contribution is 0.0635. The molecule has 0 fully saturated rings. The standard InChI is InChI=1S/C16H19NO3/c1-16(2,3)20-15(18)17-13-10-9-11-7-5-6-8-12(11)14(13)19-4/h5-10H,1-4H3,(H,17,18). The van der Waals surface area contributed by atoms with Crippen LogP contribution in [0.15, 0.2) is 36.4 Å². The van der Waals surface area contributed by atoms with E-state index in [0.29, 0.717) is 11.4 Å². The molecule has 0 radical (unpaired) electrons. The molecule has 0 bridgehead atoms. The number of fused-ring (bicyclic) bond motifs is 1. The maximum absolute atomic E-state index is 11.8. The topological polar surface area (TPSA) is 47.6 Å². The second-order valence-corrected chi connectivity index (χ2v) is 5.49. The molecule has 106 valence electrons. The number of ether oxygens (including phenoxy) is 2. The Bertz CT molecular complexity index is 629. The van der Waals surface area contributed by atoms with Gasteiger partial charge in [0.05, 0.1) is 12.8 Å². The summed E-state index contributed by atoms with van der Waals surface area (Å²) in [5.41, 5.74) is 0.0641. The number of carbonyl (C=O) groups excluding carboxylic acids is 1. The number of hydrogen-bond acceptors (Lipinski definition) is 3. The lowest BCUT2D eigenvalue weighted by Crippen LogP contribution is -2.27. The Balaban J connectivity index is 2.33. The van der Waals surface area contributed by atoms with Crippen molar-refractivity contribution in [2.45, 2.75) is 26.4 Å². The summed E-state index contributed by atoms with van der Waals surface area (Å²) in [5, 5.41) is 4.73. The van der Waals surface area contributed by atoms with Crippen LogP contribution in [0.3, 0.4) is 0 Å². The lowest BCUT2D eigenvalue weighted by atomic mass is 10.1. The molecular formula is C16H19NO3. The Labute approximate surface area is 118 Å². The van der Waals surface area contributed by atoms with Crippen molar-refractivity contribution in [1.29, 1.82) is 0 Å². The van der Waals surface area contributed by atoms with Crippen LogP contribution in [0.1, 0.15) is 20.8 Å². The molecule has 0 aliphatic rings. The van der Waals surface area contributed by atoms with Gasteiger partial charge in [-0.05, 0) is 32.2 Å². The zero-order valence-corrected chi connectivity index (χ0v) is 12.2. The Hall–Kier alpha value is -2.23. The largest absolute Gasteiger partial charge is 0.494 e. The molecule has 2 aromatic carbocycles. The summed E-state index contributed by atoms with van der Waals surface area (Å²) < 4.78 is 10.7. The number of methoxy groups -OCH3 is 1. The first-order valence-electron chi connectivity index (χ1n) is 6.46. The SMILES string of the molecule is COc1c(NC(=O)OC(C)(C)C)ccc2ccccc12. The molecule has 20 heavy (non-hydrogen) atoms. The van der Waals surface area contributed by atoms with E-state index in [2.05, 4.69) is 5.32 Å². The molecule has 1 amide bonds. The normalized spacial score (nSPS) is 11.2. The van der Waals surface area contributed by atoms with Crippen LogP contribution < -0.4 is 10.1 Å². The van der Waals surface area contributed by atoms with Gasteiger partial charge >= 0.3 is 6.09 Å². The molecule has 0 aliphatic heterocycles. The van der Waals surface area contributed by atoms with Crippen LogP contribution in [0.25, 0.3) is 10.8 Å². The third kappa shape index (κ3) is 3.20. The van der Waals surface area contributed by atoms with Gasteiger partial charge < -0.3 is 9.47 Å². The molecule has 0 unspecified atom stereocenters. The molecule has 0 saturated heterocycles. The van der Waals surface area contributed by atoms with Crippen LogP contribution >= 0.6 is 0 Å². The second kappa shape index (κ2) is 5.41. The van der Waals surface area contributed by atoms with Crippen LogP contribution in [0.4, 0.5) is 10.5 Å². The summed E-state index contributed by atoms with van der Waals surface area (Å²) in [6.45, 7) is 5.47. The third-order valence-electron chi connectivity index (χ3n) is 2.72. The molecule has 0 spiro atoms. The fraction of sp³-hybridized carbons (Fsp3) is 0.312. The van der Waals surface area contributed by atoms with Gasteiger partial charge in [-0.3, -0.25) is 5.32 Å². The van der Waals surface area contributed by atoms with Gasteiger partial charge in [0.2, 0.25) is 0 Å². The first-order chi connectivity index (χ1) is 9.40. The number of anilines is 1. The predicted octanol–water partition coefficient (Wildman–Crippen LogP) is 4.20. The van der Waals surface area contributed by atoms with Gasteiger partial charge in [0.15, 0.2) is 0 Å². The Morgan fingerprint density at radius 2 is 1.80 bits per heavy atom. The zero-order chi connectivity index (χ0) is 14.8. The van der Waals surface area contributed by atoms with E-state index in [1.807, 2.05) is 57.2 Å². The number of benzene rings is 2. The molecule has 0 aliphatic carbocycles. The van der Waals surface area contributed by atoms with Crippen LogP contribution in [0.5, 0.6) is 5.75 Å². The van der Waals surface area contributed by atoms with Crippen molar-refractivity contribution in [3.8, 4) is 5.75 Å². The van der Waals surface area contributed by atoms with Gasteiger partial charge in [-0.2, -0.15) is 0 Å². The number of hydrogen-bond donors (Lipinski definition) is 1. The second-order valence-electron chi connectivity index (χ2n) is 5.49. The van der Waals surface area contributed by atoms with E-state index in [-0.39, 0.29) is 0 Å². The van der Waals surface area contributed by atoms with Crippen molar-refractivity contribution in [3.05, 3.63) is 36.4 Å². The summed E-state index contributed by atoms with van der Waals surface area (Å²) >= 11 is 0. The molecule has 1 N–H and O–H groups in total. The van der Waals surface area contributed by atoms with Gasteiger partial charge in [0.25, 0.3) is 0 Å². The van der Waals surface area contributed by atoms with Gasteiger partial charge in [-0.15, -0.1) is 0 Å². The fourth-order valence-electron chi connectivity index (χ4n) is 1.97. The first-order valence-corrected chi connectivity index (χ1v) is 6.46. The highest BCUT2D eigenvalue weighted by Gasteiger charge is 2.18. The maximum atomic E-state index is 11.8. The average Bonchev–Trinajstić information content (AvgIpc) is 2.36. The van der Waals surface area contributed by atoms with Gasteiger partial charge in [-0.25, -0.2) is 4.79 Å². The average molecular weight is 273 g/mol. The zero-order valence-electron chi connectivity index (χ0n) is 12.2. The quantitative estimate of drug-likeness (QED) is 0.892. The molecule has 0 saturated carbocycles. The molecule has 0 atom stereocenters. The first kappa shape index (κ1) is 14.2. The van der Waals surface area contributed by atoms with E-state index < -0.39 is 11.7 Å². The van der Waals surface area contributed by atoms with Crippen molar-refractivity contribution in [1.82, 2.24) is 0 Å². The van der Waals surface area contributed by atoms with E-state index in [4.69, 9.17) is 9.47 Å². The fourth-order valence-corrected chi connectivity index (χ4v) is 1.97. The van der Waals surface area contributed by atoms with E-state index in [0.717, 1.165) is 10.8 Å². The minimum absolute atomic E-state index is 0.494. The van der Waals surface area contributed by atoms with Gasteiger partial charge in [-0.1, -0.05) is 30.3 Å². The summed E-state index contributed by atoms with van der Waals surface area (Å²) in [5.74, 6) is 0.633. The number of amides is 1. The van der Waals surface area contributed by atoms with E-state index in [9.17, 15) is 4.79 Å². The van der Waals surface area contributed by atoms with Gasteiger partial charge in [0.1, 0.15) is 11.4 Å². The molecule has 4 nitrogen and oxygen atoms in total. The van der Waals surface area contributed by atoms with Crippen LogP contribution in [-0.2, 0) is 4.74 Å². The van der Waals surface area contributed by atoms with Crippen molar-refractivity contribution < 1.29 is 14.3 Å². The Kier molecular flexibility index (Phi) is 3.84. The summed E-state index contributed by atoms with van der Waals surface area (Å²) in [7, 11) is 1.59. The molecule has 4 heteroatoms. The number of rotatable bonds is 2. The van der Waals surface area contributed by atoms with E-state index in [1.54, 1.807) is 7.11 Å². The lowest BCUT2D eigenvalue weighted by Gasteiger charge is -2.20. The molecule has 0 heterocycles. The van der Waals surface area contributed by atoms with Crippen LogP contribution in [0, 0.1) is 0 Å². The van der Waals surface area contributed by atoms with Gasteiger partial charge in [0, 0.05) is 5.39 Å². The summed E-state index contributed by atoms with van der Waals surface area (Å²) in [6.07, 6.45) is -0.494. The Morgan fingerprint density at radius 1 is 1.10 bits per heavy atom. The van der Waals surface area contributed by atoms with Crippen molar-refractivity contribution in [3.63, 3.8) is 0 Å². The van der Waals surface area contributed by atoms with Crippen LogP contribution in [-0.4, -0.2) is 18.8 Å². The predicted molar refractivity (Wildman–Crippen MR) is 80.4 cm³/mol. The molecule has 0 aromatic heterocycles. The third-order valence-corrected chi connectivity index (χ3v) is 2.72. The van der Waals surface area contributed by atoms with Crippen molar-refractivity contribution in [2.75, 3.05) is 12.4 Å². The highest BCUT2D eigenvalue weighted by molar-refractivity contribution is 5.97. The monoisotopic (exact) mass is 273 g/mol. The van der Waals surface area contributed by atoms with E-state index >= 15 is 0 Å². The van der Waals surface area contributed by atoms with E-state index in [1.165, 1.54) is 0 Å². The van der Waals surface area contributed by atoms with Crippen molar-refractivity contribution >= 4 is 22.6 Å². The minimum atomic E-state index is -0.534.